The molecule has 45 heavy (non-hydrogen) atoms. The number of hydrogen-bond donors (Lipinski definition) is 3. The van der Waals surface area contributed by atoms with Gasteiger partial charge in [-0.05, 0) is 61.0 Å². The van der Waals surface area contributed by atoms with Crippen molar-refractivity contribution in [3.05, 3.63) is 102 Å². The normalized spacial score (nSPS) is 19.8. The maximum Gasteiger partial charge on any atom is 0.0728 e. The van der Waals surface area contributed by atoms with E-state index in [9.17, 15) is 10.2 Å². The zero-order valence-electron chi connectivity index (χ0n) is 26.7. The summed E-state index contributed by atoms with van der Waals surface area (Å²) in [6.07, 6.45) is -1.59. The van der Waals surface area contributed by atoms with Crippen molar-refractivity contribution >= 4 is 60.2 Å². The van der Waals surface area contributed by atoms with Crippen LogP contribution in [0.15, 0.2) is 91.0 Å². The molecule has 1 aliphatic carbocycles. The van der Waals surface area contributed by atoms with Gasteiger partial charge in [0.15, 0.2) is 0 Å². The van der Waals surface area contributed by atoms with Gasteiger partial charge in [-0.25, -0.2) is 0 Å². The first-order valence-corrected chi connectivity index (χ1v) is 16.5. The van der Waals surface area contributed by atoms with Gasteiger partial charge in [0.25, 0.3) is 0 Å². The smallest absolute Gasteiger partial charge is 0.0728 e. The van der Waals surface area contributed by atoms with Crippen LogP contribution in [0.4, 0.5) is 17.1 Å². The maximum atomic E-state index is 12.3. The lowest BCUT2D eigenvalue weighted by atomic mass is 9.60. The minimum Gasteiger partial charge on any atom is -0.398 e. The molecule has 2 atom stereocenters. The molecule has 1 aliphatic rings. The molecule has 0 bridgehead atoms. The van der Waals surface area contributed by atoms with Crippen molar-refractivity contribution in [2.75, 3.05) is 41.7 Å². The van der Waals surface area contributed by atoms with E-state index in [0.717, 1.165) is 86.1 Å². The monoisotopic (exact) mass is 597 g/mol. The molecule has 0 aromatic heterocycles. The molecular weight excluding hydrogens is 554 g/mol. The molecule has 0 saturated heterocycles. The van der Waals surface area contributed by atoms with E-state index in [1.54, 1.807) is 0 Å². The molecule has 1 saturated carbocycles. The van der Waals surface area contributed by atoms with Gasteiger partial charge in [0.2, 0.25) is 0 Å². The largest absolute Gasteiger partial charge is 0.398 e. The van der Waals surface area contributed by atoms with Crippen molar-refractivity contribution in [2.24, 2.45) is 0 Å². The maximum absolute atomic E-state index is 12.3. The number of hydrogen-bond acceptors (Lipinski definition) is 5. The highest BCUT2D eigenvalue weighted by atomic mass is 16.3. The Morgan fingerprint density at radius 3 is 1.29 bits per heavy atom. The van der Waals surface area contributed by atoms with Crippen LogP contribution in [0, 0.1) is 0 Å². The number of nitrogen functional groups attached to an aromatic ring is 1. The van der Waals surface area contributed by atoms with E-state index in [2.05, 4.69) is 110 Å². The van der Waals surface area contributed by atoms with Gasteiger partial charge in [-0.1, -0.05) is 84.9 Å². The zero-order valence-corrected chi connectivity index (χ0v) is 26.7. The Morgan fingerprint density at radius 2 is 0.844 bits per heavy atom. The van der Waals surface area contributed by atoms with E-state index < -0.39 is 24.0 Å². The van der Waals surface area contributed by atoms with Crippen LogP contribution in [0.3, 0.4) is 0 Å². The van der Waals surface area contributed by atoms with E-state index in [1.165, 1.54) is 5.69 Å². The van der Waals surface area contributed by atoms with Crippen LogP contribution in [0.1, 0.15) is 50.7 Å². The Balaban J connectivity index is 1.47. The summed E-state index contributed by atoms with van der Waals surface area (Å²) in [4.78, 5) is 4.78. The second-order valence-corrected chi connectivity index (χ2v) is 12.3. The van der Waals surface area contributed by atoms with Crippen LogP contribution >= 0.6 is 0 Å². The number of benzene rings is 6. The molecule has 1 fully saturated rings. The number of rotatable bonds is 8. The molecular formula is C40H43N3O2. The third kappa shape index (κ3) is 4.28. The van der Waals surface area contributed by atoms with Gasteiger partial charge in [0, 0.05) is 70.6 Å². The number of aliphatic hydroxyl groups is 2. The van der Waals surface area contributed by atoms with Crippen LogP contribution in [0.2, 0.25) is 0 Å². The lowest BCUT2D eigenvalue weighted by molar-refractivity contribution is -0.0765. The Kier molecular flexibility index (Phi) is 7.55. The molecule has 4 N–H and O–H groups in total. The first-order valence-electron chi connectivity index (χ1n) is 16.5. The van der Waals surface area contributed by atoms with Crippen LogP contribution in [0.5, 0.6) is 0 Å². The van der Waals surface area contributed by atoms with Crippen molar-refractivity contribution in [1.82, 2.24) is 0 Å². The standard InChI is InChI=1S/C40H43N3O2/c1-5-42(6-2)37-27-19-12-9-16-24(27)32(25-17-10-13-20-28(25)37)35-39(44)36(40(35)45)34-26-18-11-14-21-29(26)38(43(7-3)8-4)30-22-15-23-31(41)33(30)34/h9-23,35-36,39-40,44-45H,5-8,41H2,1-4H3. The predicted octanol–water partition coefficient (Wildman–Crippen LogP) is 8.18. The quantitative estimate of drug-likeness (QED) is 0.122. The Hall–Kier alpha value is -4.32. The van der Waals surface area contributed by atoms with Gasteiger partial charge in [-0.15, -0.1) is 0 Å². The molecule has 0 aliphatic heterocycles. The number of nitrogens with zero attached hydrogens (tertiary/aromatic N) is 2. The Bertz CT molecular complexity index is 1980. The summed E-state index contributed by atoms with van der Waals surface area (Å²) < 4.78 is 0. The molecule has 0 radical (unpaired) electrons. The van der Waals surface area contributed by atoms with E-state index in [0.29, 0.717) is 5.69 Å². The minimum atomic E-state index is -0.795. The van der Waals surface area contributed by atoms with Crippen molar-refractivity contribution < 1.29 is 10.2 Å². The number of nitrogens with two attached hydrogens (primary N) is 1. The van der Waals surface area contributed by atoms with Crippen LogP contribution < -0.4 is 15.5 Å². The summed E-state index contributed by atoms with van der Waals surface area (Å²) in [5, 5.41) is 33.2. The van der Waals surface area contributed by atoms with Crippen molar-refractivity contribution in [3.63, 3.8) is 0 Å². The van der Waals surface area contributed by atoms with E-state index in [-0.39, 0.29) is 0 Å². The van der Waals surface area contributed by atoms with Crippen LogP contribution in [-0.2, 0) is 0 Å². The van der Waals surface area contributed by atoms with Gasteiger partial charge < -0.3 is 25.7 Å². The fourth-order valence-corrected chi connectivity index (χ4v) is 8.27. The first kappa shape index (κ1) is 29.4. The van der Waals surface area contributed by atoms with Gasteiger partial charge in [0.1, 0.15) is 0 Å². The molecule has 0 heterocycles. The minimum absolute atomic E-state index is 0.447. The molecule has 6 aromatic carbocycles. The van der Waals surface area contributed by atoms with Crippen LogP contribution in [0.25, 0.3) is 43.1 Å². The highest BCUT2D eigenvalue weighted by molar-refractivity contribution is 6.18. The number of aliphatic hydroxyl groups excluding tert-OH is 2. The predicted molar refractivity (Wildman–Crippen MR) is 192 cm³/mol. The Morgan fingerprint density at radius 1 is 0.489 bits per heavy atom. The van der Waals surface area contributed by atoms with Gasteiger partial charge in [-0.3, -0.25) is 0 Å². The summed E-state index contributed by atoms with van der Waals surface area (Å²) in [6.45, 7) is 12.3. The van der Waals surface area contributed by atoms with E-state index >= 15 is 0 Å². The first-order chi connectivity index (χ1) is 22.0. The van der Waals surface area contributed by atoms with Gasteiger partial charge in [-0.2, -0.15) is 0 Å². The average Bonchev–Trinajstić information content (AvgIpc) is 3.07. The number of anilines is 3. The summed E-state index contributed by atoms with van der Waals surface area (Å²) in [5.41, 5.74) is 11.8. The zero-order chi connectivity index (χ0) is 31.4. The molecule has 5 nitrogen and oxygen atoms in total. The van der Waals surface area contributed by atoms with E-state index in [4.69, 9.17) is 5.73 Å². The SMILES string of the molecule is CCN(CC)c1c2ccccc2c(C2C(O)C(c3c4ccccc4c(N(CC)CC)c4cccc(N)c34)C2O)c2ccccc12. The lowest BCUT2D eigenvalue weighted by Crippen LogP contribution is -2.52. The van der Waals surface area contributed by atoms with E-state index in [1.807, 2.05) is 18.2 Å². The summed E-state index contributed by atoms with van der Waals surface area (Å²) >= 11 is 0. The van der Waals surface area contributed by atoms with Gasteiger partial charge >= 0.3 is 0 Å². The molecule has 2 unspecified atom stereocenters. The molecule has 7 rings (SSSR count). The Labute approximate surface area is 265 Å². The van der Waals surface area contributed by atoms with Crippen LogP contribution in [-0.4, -0.2) is 48.6 Å². The third-order valence-corrected chi connectivity index (χ3v) is 10.3. The summed E-state index contributed by atoms with van der Waals surface area (Å²) in [6, 6.07) is 31.5. The van der Waals surface area contributed by atoms with Crippen molar-refractivity contribution in [2.45, 2.75) is 51.7 Å². The summed E-state index contributed by atoms with van der Waals surface area (Å²) in [7, 11) is 0. The molecule has 0 amide bonds. The fourth-order valence-electron chi connectivity index (χ4n) is 8.27. The lowest BCUT2D eigenvalue weighted by Gasteiger charge is -2.49. The highest BCUT2D eigenvalue weighted by Gasteiger charge is 2.52. The van der Waals surface area contributed by atoms with Crippen molar-refractivity contribution in [1.29, 1.82) is 0 Å². The second-order valence-electron chi connectivity index (χ2n) is 12.3. The molecule has 0 spiro atoms. The average molecular weight is 598 g/mol. The molecule has 6 aromatic rings. The van der Waals surface area contributed by atoms with Crippen molar-refractivity contribution in [3.8, 4) is 0 Å². The second kappa shape index (κ2) is 11.6. The number of fused-ring (bicyclic) bond motifs is 4. The fraction of sp³-hybridized carbons (Fsp3) is 0.300. The topological polar surface area (TPSA) is 73.0 Å². The summed E-state index contributed by atoms with van der Waals surface area (Å²) in [5.74, 6) is -0.936. The molecule has 230 valence electrons. The van der Waals surface area contributed by atoms with Gasteiger partial charge in [0.05, 0.1) is 23.6 Å². The third-order valence-electron chi connectivity index (χ3n) is 10.3. The molecule has 5 heteroatoms. The highest BCUT2D eigenvalue weighted by Crippen LogP contribution is 2.56.